The first kappa shape index (κ1) is 31.4. The molecule has 2 heterocycles. The maximum atomic E-state index is 13.6. The largest absolute Gasteiger partial charge is 0.465 e. The monoisotopic (exact) mass is 614 g/mol. The summed E-state index contributed by atoms with van der Waals surface area (Å²) in [5.74, 6) is -0.383. The van der Waals surface area contributed by atoms with Gasteiger partial charge in [-0.2, -0.15) is 0 Å². The van der Waals surface area contributed by atoms with E-state index in [1.807, 2.05) is 85.6 Å². The molecule has 2 atom stereocenters. The van der Waals surface area contributed by atoms with Crippen LogP contribution >= 0.6 is 11.6 Å². The minimum atomic E-state index is -1.40. The van der Waals surface area contributed by atoms with E-state index in [0.717, 1.165) is 35.0 Å². The predicted octanol–water partition coefficient (Wildman–Crippen LogP) is 6.37. The van der Waals surface area contributed by atoms with Gasteiger partial charge >= 0.3 is 6.09 Å². The number of aryl methyl sites for hydroxylation is 1. The lowest BCUT2D eigenvalue weighted by Crippen LogP contribution is -2.48. The van der Waals surface area contributed by atoms with E-state index in [9.17, 15) is 14.7 Å². The van der Waals surface area contributed by atoms with Crippen LogP contribution in [0.25, 0.3) is 22.2 Å². The molecule has 8 nitrogen and oxygen atoms in total. The van der Waals surface area contributed by atoms with Crippen LogP contribution in [0.4, 0.5) is 4.79 Å². The molecular weight excluding hydrogens is 576 g/mol. The average Bonchev–Trinajstić information content (AvgIpc) is 3.03. The van der Waals surface area contributed by atoms with Crippen LogP contribution in [0.15, 0.2) is 72.8 Å². The number of piperidine rings is 1. The van der Waals surface area contributed by atoms with Crippen molar-refractivity contribution in [3.8, 4) is 11.3 Å². The van der Waals surface area contributed by atoms with Crippen molar-refractivity contribution in [1.29, 1.82) is 0 Å². The first-order chi connectivity index (χ1) is 21.2. The number of likely N-dealkylation sites (tertiary alicyclic amines) is 1. The van der Waals surface area contributed by atoms with E-state index in [0.29, 0.717) is 53.3 Å². The van der Waals surface area contributed by atoms with Crippen LogP contribution in [0.5, 0.6) is 0 Å². The number of nitrogens with zero attached hydrogens (tertiary/aromatic N) is 2. The van der Waals surface area contributed by atoms with Crippen LogP contribution in [-0.2, 0) is 12.1 Å². The number of pyridine rings is 1. The Hall–Kier alpha value is -3.98. The Morgan fingerprint density at radius 1 is 1.07 bits per heavy atom. The number of carbonyl (C=O) groups excluding carboxylic acids is 1. The van der Waals surface area contributed by atoms with Crippen molar-refractivity contribution in [1.82, 2.24) is 20.5 Å². The topological polar surface area (TPSA) is 115 Å². The Morgan fingerprint density at radius 2 is 1.84 bits per heavy atom. The molecule has 1 saturated heterocycles. The Bertz CT molecular complexity index is 1640. The third kappa shape index (κ3) is 6.73. The van der Waals surface area contributed by atoms with Crippen LogP contribution in [0.1, 0.15) is 52.7 Å². The number of hydrogen-bond donors (Lipinski definition) is 4. The van der Waals surface area contributed by atoms with E-state index in [2.05, 4.69) is 10.6 Å². The fourth-order valence-electron chi connectivity index (χ4n) is 6.39. The van der Waals surface area contributed by atoms with Gasteiger partial charge in [-0.15, -0.1) is 0 Å². The van der Waals surface area contributed by atoms with Gasteiger partial charge in [0.15, 0.2) is 0 Å². The van der Waals surface area contributed by atoms with E-state index >= 15 is 0 Å². The van der Waals surface area contributed by atoms with E-state index in [1.165, 1.54) is 0 Å². The van der Waals surface area contributed by atoms with E-state index < -0.39 is 11.7 Å². The van der Waals surface area contributed by atoms with Gasteiger partial charge in [-0.05, 0) is 80.6 Å². The summed E-state index contributed by atoms with van der Waals surface area (Å²) in [4.78, 5) is 31.6. The first-order valence-corrected chi connectivity index (χ1v) is 15.5. The molecule has 0 saturated carbocycles. The summed E-state index contributed by atoms with van der Waals surface area (Å²) < 4.78 is 0. The van der Waals surface area contributed by atoms with Crippen molar-refractivity contribution in [3.05, 3.63) is 100 Å². The zero-order valence-electron chi connectivity index (χ0n) is 25.1. The molecular formula is C35H39ClN4O4. The number of nitrogens with one attached hydrogen (secondary N) is 2. The van der Waals surface area contributed by atoms with Gasteiger partial charge in [0.2, 0.25) is 0 Å². The van der Waals surface area contributed by atoms with Crippen LogP contribution in [0.3, 0.4) is 0 Å². The third-order valence-electron chi connectivity index (χ3n) is 8.63. The second-order valence-corrected chi connectivity index (χ2v) is 12.0. The summed E-state index contributed by atoms with van der Waals surface area (Å²) in [6.45, 7) is 3.88. The quantitative estimate of drug-likeness (QED) is 0.154. The molecule has 44 heavy (non-hydrogen) atoms. The average molecular weight is 615 g/mol. The first-order valence-electron chi connectivity index (χ1n) is 15.1. The van der Waals surface area contributed by atoms with Crippen molar-refractivity contribution < 1.29 is 19.8 Å². The number of carboxylic acid groups (broad SMARTS) is 1. The fraction of sp³-hybridized carbons (Fsp3) is 0.343. The molecule has 4 aromatic rings. The van der Waals surface area contributed by atoms with Gasteiger partial charge in [0.05, 0.1) is 21.8 Å². The summed E-state index contributed by atoms with van der Waals surface area (Å²) >= 11 is 6.89. The van der Waals surface area contributed by atoms with Gasteiger partial charge in [-0.25, -0.2) is 9.78 Å². The molecule has 0 radical (unpaired) electrons. The fourth-order valence-corrected chi connectivity index (χ4v) is 6.67. The summed E-state index contributed by atoms with van der Waals surface area (Å²) in [5, 5.41) is 28.9. The lowest BCUT2D eigenvalue weighted by Gasteiger charge is -2.43. The number of rotatable bonds is 10. The van der Waals surface area contributed by atoms with E-state index in [1.54, 1.807) is 6.07 Å². The number of fused-ring (bicyclic) bond motifs is 1. The highest BCUT2D eigenvalue weighted by Gasteiger charge is 2.43. The molecule has 0 unspecified atom stereocenters. The van der Waals surface area contributed by atoms with Gasteiger partial charge in [0.1, 0.15) is 0 Å². The van der Waals surface area contributed by atoms with Crippen molar-refractivity contribution in [3.63, 3.8) is 0 Å². The minimum Gasteiger partial charge on any atom is -0.465 e. The highest BCUT2D eigenvalue weighted by Crippen LogP contribution is 2.45. The highest BCUT2D eigenvalue weighted by atomic mass is 35.5. The number of halogens is 1. The molecule has 0 aliphatic carbocycles. The predicted molar refractivity (Wildman–Crippen MR) is 174 cm³/mol. The van der Waals surface area contributed by atoms with Crippen LogP contribution in [0.2, 0.25) is 5.02 Å². The molecule has 5 rings (SSSR count). The molecule has 230 valence electrons. The molecule has 9 heteroatoms. The Labute approximate surface area is 263 Å². The second-order valence-electron chi connectivity index (χ2n) is 11.6. The molecule has 2 amide bonds. The molecule has 3 aromatic carbocycles. The Morgan fingerprint density at radius 3 is 2.59 bits per heavy atom. The van der Waals surface area contributed by atoms with Gasteiger partial charge < -0.3 is 25.7 Å². The number of aliphatic hydroxyl groups is 1. The Kier molecular flexibility index (Phi) is 9.84. The summed E-state index contributed by atoms with van der Waals surface area (Å²) in [6, 6.07) is 23.1. The number of para-hydroxylation sites is 1. The summed E-state index contributed by atoms with van der Waals surface area (Å²) in [6.07, 6.45) is 0.995. The molecule has 0 spiro atoms. The third-order valence-corrected chi connectivity index (χ3v) is 8.95. The van der Waals surface area contributed by atoms with Crippen molar-refractivity contribution in [2.24, 2.45) is 5.92 Å². The van der Waals surface area contributed by atoms with Gasteiger partial charge in [0.25, 0.3) is 5.91 Å². The molecule has 1 aromatic heterocycles. The number of carbonyl (C=O) groups is 2. The molecule has 1 aliphatic rings. The smallest absolute Gasteiger partial charge is 0.404 e. The number of benzene rings is 3. The zero-order chi connectivity index (χ0) is 31.3. The summed E-state index contributed by atoms with van der Waals surface area (Å²) in [7, 11) is 1.88. The van der Waals surface area contributed by atoms with Crippen molar-refractivity contribution >= 4 is 34.5 Å². The lowest BCUT2D eigenvalue weighted by molar-refractivity contribution is -0.0563. The molecule has 4 N–H and O–H groups in total. The highest BCUT2D eigenvalue weighted by molar-refractivity contribution is 6.33. The minimum absolute atomic E-state index is 0.0707. The second kappa shape index (κ2) is 13.8. The molecule has 1 fully saturated rings. The van der Waals surface area contributed by atoms with E-state index in [-0.39, 0.29) is 24.8 Å². The van der Waals surface area contributed by atoms with Crippen LogP contribution < -0.4 is 10.6 Å². The maximum Gasteiger partial charge on any atom is 0.404 e. The van der Waals surface area contributed by atoms with Crippen LogP contribution in [0, 0.1) is 12.8 Å². The van der Waals surface area contributed by atoms with Crippen molar-refractivity contribution in [2.75, 3.05) is 26.7 Å². The SMILES string of the molecule is CNCc1ccc(C(=O)N2CCC[C@@H]([C@@](O)(CCCNC(=O)O)c3cccc(Cl)c3-c3ccc4cccc(C)c4n3)C2)cc1. The molecule has 1 aliphatic heterocycles. The van der Waals surface area contributed by atoms with E-state index in [4.69, 9.17) is 21.7 Å². The van der Waals surface area contributed by atoms with Gasteiger partial charge in [-0.1, -0.05) is 60.1 Å². The maximum absolute atomic E-state index is 13.6. The molecule has 0 bridgehead atoms. The van der Waals surface area contributed by atoms with Gasteiger partial charge in [-0.3, -0.25) is 4.79 Å². The number of aromatic nitrogens is 1. The van der Waals surface area contributed by atoms with Gasteiger partial charge in [0, 0.05) is 48.6 Å². The van der Waals surface area contributed by atoms with Crippen LogP contribution in [-0.4, -0.2) is 58.8 Å². The van der Waals surface area contributed by atoms with Crippen molar-refractivity contribution in [2.45, 2.75) is 44.8 Å². The lowest BCUT2D eigenvalue weighted by atomic mass is 9.72. The standard InChI is InChI=1S/C35H39ClN4O4/c1-23-7-3-8-25-16-17-30(39-32(23)25)31-28(10-4-11-29(31)36)35(44,18-6-19-38-34(42)43)27-9-5-20-40(22-27)33(41)26-14-12-24(13-15-26)21-37-2/h3-4,7-8,10-17,27,37-38,44H,5-6,9,18-22H2,1-2H3,(H,42,43)/t27-,35+/m1/s1. The normalized spacial score (nSPS) is 16.5. The number of hydrogen-bond acceptors (Lipinski definition) is 5. The summed E-state index contributed by atoms with van der Waals surface area (Å²) in [5.41, 5.74) is 4.13. The Balaban J connectivity index is 1.52. The zero-order valence-corrected chi connectivity index (χ0v) is 25.9. The number of amides is 2.